The van der Waals surface area contributed by atoms with Crippen molar-refractivity contribution in [3.8, 4) is 17.0 Å². The normalized spacial score (nSPS) is 20.1. The lowest BCUT2D eigenvalue weighted by Gasteiger charge is -2.33. The minimum atomic E-state index is -0.351. The van der Waals surface area contributed by atoms with Gasteiger partial charge in [-0.1, -0.05) is 23.2 Å². The van der Waals surface area contributed by atoms with E-state index in [1.165, 1.54) is 0 Å². The van der Waals surface area contributed by atoms with Crippen LogP contribution in [0.1, 0.15) is 56.1 Å². The second-order valence-corrected chi connectivity index (χ2v) is 10.4. The molecule has 186 valence electrons. The van der Waals surface area contributed by atoms with Crippen molar-refractivity contribution in [2.24, 2.45) is 0 Å². The zero-order valence-corrected chi connectivity index (χ0v) is 21.4. The number of ether oxygens (including phenoxy) is 2. The van der Waals surface area contributed by atoms with E-state index in [0.717, 1.165) is 66.6 Å². The second kappa shape index (κ2) is 9.63. The van der Waals surface area contributed by atoms with Crippen molar-refractivity contribution in [3.05, 3.63) is 70.2 Å². The first-order valence-corrected chi connectivity index (χ1v) is 13.1. The lowest BCUT2D eigenvalue weighted by Crippen LogP contribution is -2.41. The highest BCUT2D eigenvalue weighted by atomic mass is 35.5. The average Bonchev–Trinajstić information content (AvgIpc) is 3.49. The van der Waals surface area contributed by atoms with Gasteiger partial charge in [-0.3, -0.25) is 15.1 Å². The van der Waals surface area contributed by atoms with Crippen LogP contribution in [0.5, 0.6) is 5.75 Å². The summed E-state index contributed by atoms with van der Waals surface area (Å²) in [5.41, 5.74) is 4.39. The number of nitrogens with zero attached hydrogens (tertiary/aromatic N) is 3. The number of pyridine rings is 2. The van der Waals surface area contributed by atoms with Crippen LogP contribution in [0.25, 0.3) is 22.2 Å². The number of aromatic amines is 1. The van der Waals surface area contributed by atoms with Crippen LogP contribution in [0.3, 0.4) is 0 Å². The number of hydrogen-bond acceptors (Lipinski definition) is 6. The summed E-state index contributed by atoms with van der Waals surface area (Å²) in [4.78, 5) is 8.79. The molecule has 0 saturated carbocycles. The van der Waals surface area contributed by atoms with Gasteiger partial charge in [0.15, 0.2) is 0 Å². The van der Waals surface area contributed by atoms with Gasteiger partial charge < -0.3 is 14.8 Å². The SMILES string of the molecule is C[C@@H](Oc1ccc2[nH]nc(-c3ccc(C4CCC5(CCNCC5)O4)nc3)c2c1)c1c(Cl)cncc1Cl. The maximum Gasteiger partial charge on any atom is 0.124 e. The smallest absolute Gasteiger partial charge is 0.124 e. The first-order chi connectivity index (χ1) is 17.5. The molecule has 36 heavy (non-hydrogen) atoms. The molecule has 2 fully saturated rings. The minimum absolute atomic E-state index is 0.0208. The van der Waals surface area contributed by atoms with E-state index >= 15 is 0 Å². The van der Waals surface area contributed by atoms with Crippen LogP contribution >= 0.6 is 23.2 Å². The molecular weight excluding hydrogens is 497 g/mol. The van der Waals surface area contributed by atoms with Gasteiger partial charge in [-0.2, -0.15) is 5.10 Å². The highest BCUT2D eigenvalue weighted by molar-refractivity contribution is 6.35. The molecule has 2 N–H and O–H groups in total. The number of aromatic nitrogens is 4. The molecule has 1 spiro atoms. The summed E-state index contributed by atoms with van der Waals surface area (Å²) >= 11 is 12.6. The molecule has 0 bridgehead atoms. The van der Waals surface area contributed by atoms with Gasteiger partial charge in [0.1, 0.15) is 23.7 Å². The van der Waals surface area contributed by atoms with Gasteiger partial charge in [0, 0.05) is 35.1 Å². The van der Waals surface area contributed by atoms with Gasteiger partial charge in [0.2, 0.25) is 0 Å². The van der Waals surface area contributed by atoms with E-state index in [9.17, 15) is 0 Å². The summed E-state index contributed by atoms with van der Waals surface area (Å²) in [6, 6.07) is 9.97. The fourth-order valence-electron chi connectivity index (χ4n) is 5.37. The number of H-pyrrole nitrogens is 1. The van der Waals surface area contributed by atoms with Crippen LogP contribution in [-0.2, 0) is 4.74 Å². The largest absolute Gasteiger partial charge is 0.486 e. The van der Waals surface area contributed by atoms with E-state index < -0.39 is 0 Å². The molecule has 5 heterocycles. The van der Waals surface area contributed by atoms with Crippen molar-refractivity contribution in [1.82, 2.24) is 25.5 Å². The Morgan fingerprint density at radius 2 is 1.86 bits per heavy atom. The van der Waals surface area contributed by atoms with Crippen LogP contribution in [0.15, 0.2) is 48.9 Å². The van der Waals surface area contributed by atoms with Crippen LogP contribution in [-0.4, -0.2) is 38.9 Å². The Balaban J connectivity index is 1.22. The number of halogens is 2. The molecule has 2 saturated heterocycles. The maximum atomic E-state index is 6.52. The third-order valence-corrected chi connectivity index (χ3v) is 7.91. The lowest BCUT2D eigenvalue weighted by molar-refractivity contribution is -0.0619. The number of rotatable bonds is 5. The summed E-state index contributed by atoms with van der Waals surface area (Å²) in [7, 11) is 0. The molecule has 1 aromatic carbocycles. The molecule has 4 aromatic rings. The van der Waals surface area contributed by atoms with Crippen LogP contribution in [0.4, 0.5) is 0 Å². The van der Waals surface area contributed by atoms with E-state index in [0.29, 0.717) is 21.4 Å². The van der Waals surface area contributed by atoms with E-state index in [2.05, 4.69) is 32.6 Å². The van der Waals surface area contributed by atoms with Gasteiger partial charge in [-0.15, -0.1) is 0 Å². The molecule has 1 unspecified atom stereocenters. The van der Waals surface area contributed by atoms with Gasteiger partial charge in [0.25, 0.3) is 0 Å². The van der Waals surface area contributed by atoms with Gasteiger partial charge in [-0.05, 0) is 76.0 Å². The molecule has 0 radical (unpaired) electrons. The van der Waals surface area contributed by atoms with Gasteiger partial charge >= 0.3 is 0 Å². The fourth-order valence-corrected chi connectivity index (χ4v) is 6.04. The zero-order chi connectivity index (χ0) is 24.7. The summed E-state index contributed by atoms with van der Waals surface area (Å²) in [6.45, 7) is 3.96. The summed E-state index contributed by atoms with van der Waals surface area (Å²) in [5.74, 6) is 0.692. The molecule has 2 atom stereocenters. The number of hydrogen-bond donors (Lipinski definition) is 2. The third kappa shape index (κ3) is 4.45. The van der Waals surface area contributed by atoms with Crippen molar-refractivity contribution >= 4 is 34.1 Å². The Morgan fingerprint density at radius 3 is 2.61 bits per heavy atom. The minimum Gasteiger partial charge on any atom is -0.486 e. The Kier molecular flexibility index (Phi) is 6.33. The summed E-state index contributed by atoms with van der Waals surface area (Å²) in [5, 5.41) is 13.0. The molecule has 2 aliphatic rings. The topological polar surface area (TPSA) is 85.0 Å². The average molecular weight is 524 g/mol. The van der Waals surface area contributed by atoms with E-state index in [4.69, 9.17) is 37.7 Å². The van der Waals surface area contributed by atoms with Crippen LogP contribution < -0.4 is 10.1 Å². The van der Waals surface area contributed by atoms with Crippen LogP contribution in [0.2, 0.25) is 10.0 Å². The quantitative estimate of drug-likeness (QED) is 0.313. The Bertz CT molecular complexity index is 1360. The Morgan fingerprint density at radius 1 is 1.06 bits per heavy atom. The Hall–Kier alpha value is -2.71. The number of fused-ring (bicyclic) bond motifs is 1. The highest BCUT2D eigenvalue weighted by Crippen LogP contribution is 2.44. The van der Waals surface area contributed by atoms with E-state index in [-0.39, 0.29) is 17.8 Å². The van der Waals surface area contributed by atoms with E-state index in [1.54, 1.807) is 12.4 Å². The molecular formula is C27H27Cl2N5O2. The highest BCUT2D eigenvalue weighted by Gasteiger charge is 2.41. The lowest BCUT2D eigenvalue weighted by atomic mass is 9.89. The number of piperidine rings is 1. The monoisotopic (exact) mass is 523 g/mol. The fraction of sp³-hybridized carbons (Fsp3) is 0.370. The van der Waals surface area contributed by atoms with Crippen molar-refractivity contribution in [2.75, 3.05) is 13.1 Å². The van der Waals surface area contributed by atoms with Crippen molar-refractivity contribution in [2.45, 2.75) is 50.4 Å². The maximum absolute atomic E-state index is 6.52. The molecule has 2 aliphatic heterocycles. The molecule has 6 rings (SSSR count). The molecule has 0 aliphatic carbocycles. The Labute approximate surface area is 219 Å². The summed E-state index contributed by atoms with van der Waals surface area (Å²) < 4.78 is 12.7. The first kappa shape index (κ1) is 23.7. The van der Waals surface area contributed by atoms with E-state index in [1.807, 2.05) is 31.3 Å². The predicted molar refractivity (Wildman–Crippen MR) is 141 cm³/mol. The van der Waals surface area contributed by atoms with Crippen molar-refractivity contribution < 1.29 is 9.47 Å². The summed E-state index contributed by atoms with van der Waals surface area (Å²) in [6.07, 6.45) is 8.99. The number of nitrogens with one attached hydrogen (secondary N) is 2. The molecule has 7 nitrogen and oxygen atoms in total. The number of benzene rings is 1. The van der Waals surface area contributed by atoms with Crippen LogP contribution in [0, 0.1) is 0 Å². The zero-order valence-electron chi connectivity index (χ0n) is 19.9. The first-order valence-electron chi connectivity index (χ1n) is 12.3. The van der Waals surface area contributed by atoms with Gasteiger partial charge in [-0.25, -0.2) is 0 Å². The van der Waals surface area contributed by atoms with Gasteiger partial charge in [0.05, 0.1) is 26.9 Å². The third-order valence-electron chi connectivity index (χ3n) is 7.30. The molecule has 0 amide bonds. The van der Waals surface area contributed by atoms with Crippen molar-refractivity contribution in [3.63, 3.8) is 0 Å². The standard InChI is InChI=1S/C27H27Cl2N5O2/c1-16(25-20(28)14-31-15-21(25)29)35-18-3-5-22-19(12-18)26(34-33-22)17-2-4-23(32-13-17)24-6-7-27(36-24)8-10-30-11-9-27/h2-5,12-16,24,30H,6-11H2,1H3,(H,33,34)/t16-,24?/m1/s1. The molecule has 9 heteroatoms. The van der Waals surface area contributed by atoms with Crippen molar-refractivity contribution in [1.29, 1.82) is 0 Å². The second-order valence-electron chi connectivity index (χ2n) is 9.61. The molecule has 3 aromatic heterocycles. The predicted octanol–water partition coefficient (Wildman–Crippen LogP) is 6.44.